The quantitative estimate of drug-likeness (QED) is 0.411. The number of terminal acetylenes is 1. The Morgan fingerprint density at radius 3 is 2.94 bits per heavy atom. The highest BCUT2D eigenvalue weighted by atomic mass is 16.4. The van der Waals surface area contributed by atoms with Crippen LogP contribution in [0.25, 0.3) is 0 Å². The molecule has 0 fully saturated rings. The third-order valence-electron chi connectivity index (χ3n) is 2.14. The number of carboxylic acids is 1. The second-order valence-corrected chi connectivity index (χ2v) is 3.53. The zero-order chi connectivity index (χ0) is 13.4. The fourth-order valence-corrected chi connectivity index (χ4v) is 1.27. The molecule has 1 aromatic rings. The third kappa shape index (κ3) is 4.57. The largest absolute Gasteiger partial charge is 0.480 e. The van der Waals surface area contributed by atoms with E-state index in [9.17, 15) is 9.59 Å². The van der Waals surface area contributed by atoms with Crippen LogP contribution in [0.4, 0.5) is 4.79 Å². The van der Waals surface area contributed by atoms with Crippen LogP contribution in [0.1, 0.15) is 12.1 Å². The first-order valence-electron chi connectivity index (χ1n) is 5.31. The van der Waals surface area contributed by atoms with E-state index in [-0.39, 0.29) is 6.42 Å². The monoisotopic (exact) mass is 250 g/mol. The molecule has 0 aromatic carbocycles. The molecule has 0 spiro atoms. The number of hydrogen-bond acceptors (Lipinski definition) is 3. The van der Waals surface area contributed by atoms with Crippen molar-refractivity contribution in [3.05, 3.63) is 18.2 Å². The second kappa shape index (κ2) is 6.96. The zero-order valence-electron chi connectivity index (χ0n) is 9.64. The van der Waals surface area contributed by atoms with Crippen LogP contribution in [0, 0.1) is 12.3 Å². The van der Waals surface area contributed by atoms with Gasteiger partial charge in [-0.1, -0.05) is 0 Å². The first-order chi connectivity index (χ1) is 8.63. The summed E-state index contributed by atoms with van der Waals surface area (Å²) in [6, 6.07) is -1.58. The van der Waals surface area contributed by atoms with Crippen molar-refractivity contribution >= 4 is 12.0 Å². The van der Waals surface area contributed by atoms with Gasteiger partial charge in [0.15, 0.2) is 0 Å². The predicted octanol–water partition coefficient (Wildman–Crippen LogP) is -0.272. The minimum absolute atomic E-state index is 0.137. The van der Waals surface area contributed by atoms with E-state index >= 15 is 0 Å². The van der Waals surface area contributed by atoms with E-state index in [0.717, 1.165) is 0 Å². The highest BCUT2D eigenvalue weighted by Gasteiger charge is 2.20. The molecule has 0 saturated heterocycles. The molecule has 0 aliphatic heterocycles. The first kappa shape index (κ1) is 13.6. The van der Waals surface area contributed by atoms with E-state index in [1.165, 1.54) is 12.5 Å². The van der Waals surface area contributed by atoms with Gasteiger partial charge >= 0.3 is 12.0 Å². The van der Waals surface area contributed by atoms with E-state index in [1.807, 2.05) is 0 Å². The van der Waals surface area contributed by atoms with Crippen LogP contribution in [-0.4, -0.2) is 39.7 Å². The smallest absolute Gasteiger partial charge is 0.326 e. The Morgan fingerprint density at radius 1 is 1.61 bits per heavy atom. The number of aliphatic carboxylic acids is 1. The van der Waals surface area contributed by atoms with Gasteiger partial charge in [-0.3, -0.25) is 0 Å². The van der Waals surface area contributed by atoms with Gasteiger partial charge in [0.25, 0.3) is 0 Å². The van der Waals surface area contributed by atoms with Gasteiger partial charge in [-0.2, -0.15) is 0 Å². The number of aromatic amines is 1. The highest BCUT2D eigenvalue weighted by molar-refractivity contribution is 5.82. The van der Waals surface area contributed by atoms with E-state index in [4.69, 9.17) is 11.5 Å². The average Bonchev–Trinajstić information content (AvgIpc) is 2.81. The topological polar surface area (TPSA) is 107 Å². The number of aromatic nitrogens is 2. The lowest BCUT2D eigenvalue weighted by Gasteiger charge is -2.13. The third-order valence-corrected chi connectivity index (χ3v) is 2.14. The molecular weight excluding hydrogens is 236 g/mol. The summed E-state index contributed by atoms with van der Waals surface area (Å²) < 4.78 is 0. The molecule has 1 atom stereocenters. The molecule has 7 heteroatoms. The van der Waals surface area contributed by atoms with E-state index < -0.39 is 18.0 Å². The Kier molecular flexibility index (Phi) is 5.25. The predicted molar refractivity (Wildman–Crippen MR) is 63.7 cm³/mol. The number of nitrogens with one attached hydrogen (secondary N) is 3. The molecule has 0 aliphatic rings. The SMILES string of the molecule is C#CCCNC(=O)N[C@H](Cc1cnc[nH]1)C(=O)O. The van der Waals surface area contributed by atoms with Crippen molar-refractivity contribution in [2.45, 2.75) is 18.9 Å². The number of H-pyrrole nitrogens is 1. The van der Waals surface area contributed by atoms with Crippen LogP contribution in [0.3, 0.4) is 0 Å². The fraction of sp³-hybridized carbons (Fsp3) is 0.364. The number of hydrogen-bond donors (Lipinski definition) is 4. The van der Waals surface area contributed by atoms with Crippen molar-refractivity contribution in [1.29, 1.82) is 0 Å². The Hall–Kier alpha value is -2.49. The lowest BCUT2D eigenvalue weighted by atomic mass is 10.2. The Bertz CT molecular complexity index is 436. The molecule has 18 heavy (non-hydrogen) atoms. The lowest BCUT2D eigenvalue weighted by Crippen LogP contribution is -2.47. The van der Waals surface area contributed by atoms with Gasteiger partial charge in [-0.25, -0.2) is 14.6 Å². The van der Waals surface area contributed by atoms with Crippen LogP contribution >= 0.6 is 0 Å². The molecule has 1 rings (SSSR count). The van der Waals surface area contributed by atoms with Crippen LogP contribution in [0.15, 0.2) is 12.5 Å². The fourth-order valence-electron chi connectivity index (χ4n) is 1.27. The summed E-state index contributed by atoms with van der Waals surface area (Å²) in [7, 11) is 0. The van der Waals surface area contributed by atoms with Gasteiger partial charge < -0.3 is 20.7 Å². The maximum atomic E-state index is 11.4. The summed E-state index contributed by atoms with van der Waals surface area (Å²) >= 11 is 0. The molecule has 0 bridgehead atoms. The van der Waals surface area contributed by atoms with Gasteiger partial charge in [-0.05, 0) is 0 Å². The lowest BCUT2D eigenvalue weighted by molar-refractivity contribution is -0.139. The summed E-state index contributed by atoms with van der Waals surface area (Å²) in [6.07, 6.45) is 8.51. The van der Waals surface area contributed by atoms with Crippen molar-refractivity contribution < 1.29 is 14.7 Å². The molecule has 0 unspecified atom stereocenters. The van der Waals surface area contributed by atoms with Gasteiger partial charge in [0.1, 0.15) is 6.04 Å². The van der Waals surface area contributed by atoms with Crippen molar-refractivity contribution in [2.24, 2.45) is 0 Å². The van der Waals surface area contributed by atoms with E-state index in [2.05, 4.69) is 26.5 Å². The zero-order valence-corrected chi connectivity index (χ0v) is 9.64. The Balaban J connectivity index is 2.45. The molecule has 1 heterocycles. The molecule has 0 saturated carbocycles. The second-order valence-electron chi connectivity index (χ2n) is 3.53. The molecule has 96 valence electrons. The molecule has 2 amide bonds. The summed E-state index contributed by atoms with van der Waals surface area (Å²) in [6.45, 7) is 0.304. The van der Waals surface area contributed by atoms with Crippen LogP contribution in [0.5, 0.6) is 0 Å². The van der Waals surface area contributed by atoms with Gasteiger partial charge in [0.2, 0.25) is 0 Å². The molecular formula is C11H14N4O3. The Labute approximate surface area is 104 Å². The number of amides is 2. The highest BCUT2D eigenvalue weighted by Crippen LogP contribution is 1.98. The maximum Gasteiger partial charge on any atom is 0.326 e. The minimum atomic E-state index is -1.11. The number of urea groups is 1. The summed E-state index contributed by atoms with van der Waals surface area (Å²) in [4.78, 5) is 28.9. The van der Waals surface area contributed by atoms with Gasteiger partial charge in [-0.15, -0.1) is 12.3 Å². The molecule has 1 aromatic heterocycles. The summed E-state index contributed by atoms with van der Waals surface area (Å²) in [5.74, 6) is 1.25. The van der Waals surface area contributed by atoms with Crippen molar-refractivity contribution in [3.63, 3.8) is 0 Å². The number of nitrogens with zero attached hydrogens (tertiary/aromatic N) is 1. The number of carbonyl (C=O) groups excluding carboxylic acids is 1. The summed E-state index contributed by atoms with van der Waals surface area (Å²) in [5, 5.41) is 13.8. The van der Waals surface area contributed by atoms with E-state index in [1.54, 1.807) is 0 Å². The van der Waals surface area contributed by atoms with Crippen molar-refractivity contribution in [1.82, 2.24) is 20.6 Å². The van der Waals surface area contributed by atoms with Crippen molar-refractivity contribution in [3.8, 4) is 12.3 Å². The number of carbonyl (C=O) groups is 2. The number of carboxylic acid groups (broad SMARTS) is 1. The average molecular weight is 250 g/mol. The summed E-state index contributed by atoms with van der Waals surface area (Å²) in [5.41, 5.74) is 0.631. The number of imidazole rings is 1. The van der Waals surface area contributed by atoms with Crippen LogP contribution < -0.4 is 10.6 Å². The van der Waals surface area contributed by atoms with E-state index in [0.29, 0.717) is 18.7 Å². The Morgan fingerprint density at radius 2 is 2.39 bits per heavy atom. The standard InChI is InChI=1S/C11H14N4O3/c1-2-3-4-13-11(18)15-9(10(16)17)5-8-6-12-7-14-8/h1,6-7,9H,3-5H2,(H,12,14)(H,16,17)(H2,13,15,18)/t9-/m1/s1. The molecule has 0 aliphatic carbocycles. The van der Waals surface area contributed by atoms with Crippen molar-refractivity contribution in [2.75, 3.05) is 6.54 Å². The molecule has 0 radical (unpaired) electrons. The molecule has 7 nitrogen and oxygen atoms in total. The maximum absolute atomic E-state index is 11.4. The normalized spacial score (nSPS) is 11.3. The molecule has 4 N–H and O–H groups in total. The van der Waals surface area contributed by atoms with Crippen LogP contribution in [-0.2, 0) is 11.2 Å². The van der Waals surface area contributed by atoms with Gasteiger partial charge in [0.05, 0.1) is 6.33 Å². The minimum Gasteiger partial charge on any atom is -0.480 e. The first-order valence-corrected chi connectivity index (χ1v) is 5.31. The van der Waals surface area contributed by atoms with Gasteiger partial charge in [0, 0.05) is 31.3 Å². The van der Waals surface area contributed by atoms with Crippen LogP contribution in [0.2, 0.25) is 0 Å². The number of rotatable bonds is 6.